The molecule has 0 aliphatic carbocycles. The Morgan fingerprint density at radius 3 is 2.78 bits per heavy atom. The molecular formula is C28H32F3N5O4S. The van der Waals surface area contributed by atoms with Crippen LogP contribution in [-0.2, 0) is 14.3 Å². The topological polar surface area (TPSA) is 107 Å². The van der Waals surface area contributed by atoms with E-state index in [0.29, 0.717) is 27.7 Å². The predicted molar refractivity (Wildman–Crippen MR) is 146 cm³/mol. The first-order valence-corrected chi connectivity index (χ1v) is 14.3. The number of nitrogens with zero attached hydrogens (tertiary/aromatic N) is 4. The lowest BCUT2D eigenvalue weighted by atomic mass is 9.92. The van der Waals surface area contributed by atoms with Gasteiger partial charge in [0.25, 0.3) is 5.92 Å². The molecule has 3 aliphatic rings. The Hall–Kier alpha value is -3.29. The molecule has 0 spiro atoms. The zero-order valence-corrected chi connectivity index (χ0v) is 23.8. The monoisotopic (exact) mass is 591 g/mol. The average molecular weight is 592 g/mol. The van der Waals surface area contributed by atoms with E-state index in [0.717, 1.165) is 0 Å². The van der Waals surface area contributed by atoms with E-state index in [1.54, 1.807) is 48.2 Å². The summed E-state index contributed by atoms with van der Waals surface area (Å²) in [5.41, 5.74) is 1.24. The first kappa shape index (κ1) is 29.2. The molecular weight excluding hydrogens is 559 g/mol. The van der Waals surface area contributed by atoms with Gasteiger partial charge in [-0.1, -0.05) is 19.1 Å². The fourth-order valence-corrected chi connectivity index (χ4v) is 6.50. The number of alkyl halides is 2. The van der Waals surface area contributed by atoms with Crippen molar-refractivity contribution in [1.82, 2.24) is 20.1 Å². The van der Waals surface area contributed by atoms with Gasteiger partial charge in [-0.05, 0) is 31.0 Å². The molecule has 41 heavy (non-hydrogen) atoms. The van der Waals surface area contributed by atoms with Crippen molar-refractivity contribution in [2.75, 3.05) is 39.3 Å². The van der Waals surface area contributed by atoms with E-state index in [9.17, 15) is 19.1 Å². The van der Waals surface area contributed by atoms with Gasteiger partial charge in [-0.2, -0.15) is 0 Å². The molecule has 5 rings (SSSR count). The number of rotatable bonds is 9. The van der Waals surface area contributed by atoms with Crippen molar-refractivity contribution in [2.45, 2.75) is 38.8 Å². The Labute approximate surface area is 239 Å². The maximum atomic E-state index is 15.3. The van der Waals surface area contributed by atoms with Crippen LogP contribution in [0.4, 0.5) is 13.2 Å². The van der Waals surface area contributed by atoms with Crippen molar-refractivity contribution in [3.8, 4) is 0 Å². The van der Waals surface area contributed by atoms with Crippen LogP contribution in [0.15, 0.2) is 46.0 Å². The van der Waals surface area contributed by atoms with Crippen LogP contribution in [-0.4, -0.2) is 89.0 Å². The van der Waals surface area contributed by atoms with E-state index in [2.05, 4.69) is 10.3 Å². The number of hydrogen-bond acceptors (Lipinski definition) is 9. The van der Waals surface area contributed by atoms with Crippen molar-refractivity contribution in [3.05, 3.63) is 63.0 Å². The van der Waals surface area contributed by atoms with E-state index in [4.69, 9.17) is 9.73 Å². The smallest absolute Gasteiger partial charge is 0.338 e. The number of esters is 1. The molecule has 0 radical (unpaired) electrons. The van der Waals surface area contributed by atoms with Gasteiger partial charge in [-0.15, -0.1) is 11.3 Å². The highest BCUT2D eigenvalue weighted by atomic mass is 32.1. The predicted octanol–water partition coefficient (Wildman–Crippen LogP) is 3.47. The number of benzene rings is 1. The summed E-state index contributed by atoms with van der Waals surface area (Å²) in [7, 11) is 0. The van der Waals surface area contributed by atoms with Crippen LogP contribution >= 0.6 is 11.3 Å². The maximum Gasteiger partial charge on any atom is 0.338 e. The van der Waals surface area contributed by atoms with Crippen molar-refractivity contribution < 1.29 is 32.6 Å². The Morgan fingerprint density at radius 2 is 2.10 bits per heavy atom. The summed E-state index contributed by atoms with van der Waals surface area (Å²) in [4.78, 5) is 37.3. The molecule has 0 amide bonds. The highest BCUT2D eigenvalue weighted by molar-refractivity contribution is 7.11. The number of carboxylic acid groups (broad SMARTS) is 1. The normalized spacial score (nSPS) is 25.0. The fourth-order valence-electron chi connectivity index (χ4n) is 5.91. The Kier molecular flexibility index (Phi) is 8.22. The fraction of sp³-hybridized carbons (Fsp3) is 0.500. The molecule has 2 N–H and O–H groups in total. The number of nitrogens with one attached hydrogen (secondary N) is 1. The van der Waals surface area contributed by atoms with Crippen LogP contribution in [0.2, 0.25) is 0 Å². The summed E-state index contributed by atoms with van der Waals surface area (Å²) in [5, 5.41) is 14.8. The average Bonchev–Trinajstić information content (AvgIpc) is 3.64. The van der Waals surface area contributed by atoms with Gasteiger partial charge in [0.15, 0.2) is 10.8 Å². The van der Waals surface area contributed by atoms with Crippen LogP contribution in [0.1, 0.15) is 36.0 Å². The number of fused-ring (bicyclic) bond motifs is 1. The van der Waals surface area contributed by atoms with E-state index in [1.165, 1.54) is 23.5 Å². The summed E-state index contributed by atoms with van der Waals surface area (Å²) in [6.45, 7) is 4.88. The van der Waals surface area contributed by atoms with Gasteiger partial charge in [-0.25, -0.2) is 22.9 Å². The van der Waals surface area contributed by atoms with Gasteiger partial charge in [-0.3, -0.25) is 14.7 Å². The lowest BCUT2D eigenvalue weighted by Gasteiger charge is -2.32. The van der Waals surface area contributed by atoms with Crippen LogP contribution in [0.3, 0.4) is 0 Å². The van der Waals surface area contributed by atoms with Gasteiger partial charge >= 0.3 is 11.9 Å². The quantitative estimate of drug-likeness (QED) is 0.427. The Morgan fingerprint density at radius 1 is 1.32 bits per heavy atom. The number of hydrogen-bond donors (Lipinski definition) is 2. The lowest BCUT2D eigenvalue weighted by Crippen LogP contribution is -2.43. The third-order valence-electron chi connectivity index (χ3n) is 7.97. The van der Waals surface area contributed by atoms with E-state index in [-0.39, 0.29) is 38.4 Å². The largest absolute Gasteiger partial charge is 0.481 e. The molecule has 3 aliphatic heterocycles. The van der Waals surface area contributed by atoms with Gasteiger partial charge in [0.1, 0.15) is 11.9 Å². The van der Waals surface area contributed by atoms with E-state index in [1.807, 2.05) is 0 Å². The van der Waals surface area contributed by atoms with Crippen molar-refractivity contribution in [1.29, 1.82) is 0 Å². The standard InChI is InChI=1S/C28H32F3N5O4S/c1-4-40-27(39)22-20(12-36-14-28(30,31)18-11-35(13-21(18)36)10-15(2)26(37)38)33-24(25-32-8-9-41-25)34-23(22)17-6-5-7-19(29)16(17)3/h5-9,15,18,21,23H,4,10-14H2,1-3H3,(H,33,34)(H,37,38)/t15?,18?,21?,23-/m0/s1. The summed E-state index contributed by atoms with van der Waals surface area (Å²) in [5.74, 6) is -6.43. The number of carbonyl (C=O) groups excluding carboxylic acids is 1. The minimum Gasteiger partial charge on any atom is -0.481 e. The summed E-state index contributed by atoms with van der Waals surface area (Å²) in [6, 6.07) is 3.05. The Balaban J connectivity index is 1.54. The summed E-state index contributed by atoms with van der Waals surface area (Å²) >= 11 is 1.32. The highest BCUT2D eigenvalue weighted by Gasteiger charge is 2.58. The van der Waals surface area contributed by atoms with E-state index >= 15 is 8.78 Å². The number of aliphatic imine (C=N–C) groups is 1. The first-order valence-electron chi connectivity index (χ1n) is 13.5. The molecule has 4 heterocycles. The van der Waals surface area contributed by atoms with Gasteiger partial charge in [0, 0.05) is 49.5 Å². The van der Waals surface area contributed by atoms with Crippen molar-refractivity contribution in [3.63, 3.8) is 0 Å². The molecule has 0 bridgehead atoms. The minimum atomic E-state index is -3.00. The molecule has 0 saturated carbocycles. The molecule has 9 nitrogen and oxygen atoms in total. The SMILES string of the molecule is CCOC(=O)C1=C(CN2CC(F)(F)C3CN(CC(C)C(=O)O)CC32)NC(c2nccs2)=N[C@H]1c1cccc(F)c1C. The number of ether oxygens (including phenoxy) is 1. The maximum absolute atomic E-state index is 15.3. The first-order chi connectivity index (χ1) is 19.5. The second kappa shape index (κ2) is 11.5. The van der Waals surface area contributed by atoms with Gasteiger partial charge in [0.05, 0.1) is 30.6 Å². The highest BCUT2D eigenvalue weighted by Crippen LogP contribution is 2.43. The molecule has 3 unspecified atom stereocenters. The second-order valence-corrected chi connectivity index (χ2v) is 11.6. The summed E-state index contributed by atoms with van der Waals surface area (Å²) in [6.07, 6.45) is 1.60. The Bertz CT molecular complexity index is 1380. The second-order valence-electron chi connectivity index (χ2n) is 10.7. The number of halogens is 3. The zero-order valence-electron chi connectivity index (χ0n) is 22.9. The number of likely N-dealkylation sites (tertiary alicyclic amines) is 2. The number of carbonyl (C=O) groups is 2. The molecule has 2 saturated heterocycles. The van der Waals surface area contributed by atoms with E-state index < -0.39 is 54.1 Å². The third kappa shape index (κ3) is 5.75. The molecule has 4 atom stereocenters. The van der Waals surface area contributed by atoms with Crippen LogP contribution in [0.25, 0.3) is 0 Å². The molecule has 13 heteroatoms. The molecule has 2 aromatic rings. The molecule has 1 aromatic carbocycles. The van der Waals surface area contributed by atoms with Crippen LogP contribution in [0, 0.1) is 24.6 Å². The minimum absolute atomic E-state index is 0.0392. The molecule has 1 aromatic heterocycles. The third-order valence-corrected chi connectivity index (χ3v) is 8.75. The number of thiazole rings is 1. The number of carboxylic acids is 1. The van der Waals surface area contributed by atoms with Crippen LogP contribution < -0.4 is 5.32 Å². The number of aromatic nitrogens is 1. The van der Waals surface area contributed by atoms with Crippen LogP contribution in [0.5, 0.6) is 0 Å². The lowest BCUT2D eigenvalue weighted by molar-refractivity contribution is -0.142. The molecule has 220 valence electrons. The molecule has 2 fully saturated rings. The number of amidine groups is 1. The van der Waals surface area contributed by atoms with Crippen molar-refractivity contribution >= 4 is 29.1 Å². The number of aliphatic carboxylic acids is 1. The summed E-state index contributed by atoms with van der Waals surface area (Å²) < 4.78 is 50.7. The van der Waals surface area contributed by atoms with Gasteiger partial charge < -0.3 is 20.1 Å². The van der Waals surface area contributed by atoms with Crippen molar-refractivity contribution in [2.24, 2.45) is 16.8 Å². The van der Waals surface area contributed by atoms with Gasteiger partial charge in [0.2, 0.25) is 0 Å². The zero-order chi connectivity index (χ0) is 29.5.